The molecule has 0 aliphatic carbocycles. The van der Waals surface area contributed by atoms with E-state index >= 15 is 0 Å². The van der Waals surface area contributed by atoms with Crippen molar-refractivity contribution in [2.24, 2.45) is 11.8 Å². The fraction of sp³-hybridized carbons (Fsp3) is 0.765. The van der Waals surface area contributed by atoms with Crippen LogP contribution in [0.1, 0.15) is 52.4 Å². The summed E-state index contributed by atoms with van der Waals surface area (Å²) in [5, 5.41) is 2.40. The summed E-state index contributed by atoms with van der Waals surface area (Å²) < 4.78 is 1.63. The molecule has 2 heterocycles. The monoisotopic (exact) mass is 467 g/mol. The maximum atomic E-state index is 11.5. The van der Waals surface area contributed by atoms with Crippen molar-refractivity contribution in [3.63, 3.8) is 0 Å². The Morgan fingerprint density at radius 1 is 1.35 bits per heavy atom. The number of hydrogen-bond acceptors (Lipinski definition) is 4. The van der Waals surface area contributed by atoms with E-state index in [4.69, 9.17) is 0 Å². The van der Waals surface area contributed by atoms with Crippen LogP contribution in [0.2, 0.25) is 0 Å². The number of piperidine rings is 1. The van der Waals surface area contributed by atoms with Crippen LogP contribution in [-0.2, 0) is 9.59 Å². The van der Waals surface area contributed by atoms with Crippen LogP contribution in [0.5, 0.6) is 0 Å². The van der Waals surface area contributed by atoms with E-state index in [0.29, 0.717) is 18.8 Å². The van der Waals surface area contributed by atoms with Crippen LogP contribution >= 0.6 is 46.1 Å². The van der Waals surface area contributed by atoms with Crippen molar-refractivity contribution in [2.45, 2.75) is 56.5 Å². The molecule has 0 unspecified atom stereocenters. The lowest BCUT2D eigenvalue weighted by atomic mass is 9.90. The Morgan fingerprint density at radius 3 is 2.52 bits per heavy atom. The Balaban J connectivity index is 1.92. The zero-order chi connectivity index (χ0) is 16.9. The number of carbonyl (C=O) groups excluding carboxylic acids is 2. The molecule has 0 saturated carbocycles. The third kappa shape index (κ3) is 5.96. The highest BCUT2D eigenvalue weighted by atomic mass is 127. The van der Waals surface area contributed by atoms with Gasteiger partial charge in [0.25, 0.3) is 0 Å². The van der Waals surface area contributed by atoms with Gasteiger partial charge in [0, 0.05) is 12.8 Å². The summed E-state index contributed by atoms with van der Waals surface area (Å²) >= 11 is 6.63. The number of imide groups is 1. The molecule has 130 valence electrons. The van der Waals surface area contributed by atoms with Crippen LogP contribution in [-0.4, -0.2) is 27.4 Å². The number of nitrogens with one attached hydrogen (secondary N) is 1. The Kier molecular flexibility index (Phi) is 7.79. The molecule has 1 atom stereocenters. The summed E-state index contributed by atoms with van der Waals surface area (Å²) in [5.41, 5.74) is 0. The number of rotatable bonds is 6. The van der Waals surface area contributed by atoms with Crippen molar-refractivity contribution in [3.8, 4) is 0 Å². The Morgan fingerprint density at radius 2 is 1.96 bits per heavy atom. The Hall–Kier alpha value is 0.310. The lowest BCUT2D eigenvalue weighted by Crippen LogP contribution is -2.38. The minimum atomic E-state index is -0.0979. The first kappa shape index (κ1) is 19.6. The van der Waals surface area contributed by atoms with E-state index in [9.17, 15) is 9.59 Å². The molecule has 2 aliphatic rings. The summed E-state index contributed by atoms with van der Waals surface area (Å²) in [6.45, 7) is 4.50. The molecule has 3 nitrogen and oxygen atoms in total. The lowest BCUT2D eigenvalue weighted by molar-refractivity contribution is -0.134. The summed E-state index contributed by atoms with van der Waals surface area (Å²) in [4.78, 5) is 23.0. The smallest absolute Gasteiger partial charge is 0.226 e. The molecule has 2 amide bonds. The van der Waals surface area contributed by atoms with Crippen molar-refractivity contribution in [3.05, 3.63) is 9.66 Å². The van der Waals surface area contributed by atoms with E-state index in [0.717, 1.165) is 19.3 Å². The Labute approximate surface area is 161 Å². The molecule has 2 fully saturated rings. The Bertz CT molecular complexity index is 455. The SMILES string of the molecule is C/C(I)=C\[C@H](C)C1(CCCC2CC(=O)NC(=O)C2)SCCCS1. The molecule has 0 aromatic carbocycles. The van der Waals surface area contributed by atoms with Gasteiger partial charge in [-0.3, -0.25) is 14.9 Å². The molecule has 2 aliphatic heterocycles. The van der Waals surface area contributed by atoms with Crippen LogP contribution in [0.25, 0.3) is 0 Å². The molecule has 0 spiro atoms. The molecule has 0 radical (unpaired) electrons. The topological polar surface area (TPSA) is 46.2 Å². The number of thioether (sulfide) groups is 2. The largest absolute Gasteiger partial charge is 0.296 e. The highest BCUT2D eigenvalue weighted by molar-refractivity contribution is 14.1. The first-order valence-corrected chi connectivity index (χ1v) is 11.4. The minimum Gasteiger partial charge on any atom is -0.296 e. The van der Waals surface area contributed by atoms with E-state index in [1.165, 1.54) is 21.5 Å². The predicted molar refractivity (Wildman–Crippen MR) is 109 cm³/mol. The molecule has 1 N–H and O–H groups in total. The average Bonchev–Trinajstić information content (AvgIpc) is 2.46. The van der Waals surface area contributed by atoms with Gasteiger partial charge in [0.2, 0.25) is 11.8 Å². The number of amides is 2. The van der Waals surface area contributed by atoms with Crippen LogP contribution < -0.4 is 5.32 Å². The third-order valence-corrected chi connectivity index (χ3v) is 8.70. The van der Waals surface area contributed by atoms with E-state index in [1.54, 1.807) is 0 Å². The molecule has 23 heavy (non-hydrogen) atoms. The van der Waals surface area contributed by atoms with Gasteiger partial charge in [-0.2, -0.15) is 0 Å². The second-order valence-electron chi connectivity index (χ2n) is 6.54. The third-order valence-electron chi connectivity index (χ3n) is 4.52. The molecular formula is C17H26INO2S2. The first-order valence-electron chi connectivity index (χ1n) is 8.36. The quantitative estimate of drug-likeness (QED) is 0.453. The maximum absolute atomic E-state index is 11.5. The van der Waals surface area contributed by atoms with Gasteiger partial charge in [0.05, 0.1) is 4.08 Å². The molecule has 2 rings (SSSR count). The van der Waals surface area contributed by atoms with Crippen LogP contribution in [0.4, 0.5) is 0 Å². The second kappa shape index (κ2) is 9.13. The van der Waals surface area contributed by atoms with Crippen molar-refractivity contribution >= 4 is 57.9 Å². The molecular weight excluding hydrogens is 441 g/mol. The van der Waals surface area contributed by atoms with Crippen molar-refractivity contribution < 1.29 is 9.59 Å². The van der Waals surface area contributed by atoms with Gasteiger partial charge in [-0.05, 0) is 75.7 Å². The zero-order valence-corrected chi connectivity index (χ0v) is 17.7. The lowest BCUT2D eigenvalue weighted by Gasteiger charge is -2.40. The van der Waals surface area contributed by atoms with Crippen molar-refractivity contribution in [1.82, 2.24) is 5.32 Å². The van der Waals surface area contributed by atoms with E-state index in [-0.39, 0.29) is 21.8 Å². The number of carbonyl (C=O) groups is 2. The molecule has 0 bridgehead atoms. The second-order valence-corrected chi connectivity index (χ2v) is 11.4. The number of hydrogen-bond donors (Lipinski definition) is 1. The van der Waals surface area contributed by atoms with Crippen LogP contribution in [0.3, 0.4) is 0 Å². The zero-order valence-electron chi connectivity index (χ0n) is 13.9. The van der Waals surface area contributed by atoms with Gasteiger partial charge in [-0.25, -0.2) is 0 Å². The number of allylic oxidation sites excluding steroid dienone is 2. The number of halogens is 1. The van der Waals surface area contributed by atoms with Gasteiger partial charge in [0.15, 0.2) is 0 Å². The van der Waals surface area contributed by atoms with Crippen LogP contribution in [0, 0.1) is 11.8 Å². The molecule has 0 aromatic rings. The normalized spacial score (nSPS) is 24.4. The minimum absolute atomic E-state index is 0.0979. The summed E-state index contributed by atoms with van der Waals surface area (Å²) in [6, 6.07) is 0. The van der Waals surface area contributed by atoms with E-state index < -0.39 is 0 Å². The van der Waals surface area contributed by atoms with Crippen molar-refractivity contribution in [1.29, 1.82) is 0 Å². The van der Waals surface area contributed by atoms with Gasteiger partial charge >= 0.3 is 0 Å². The summed E-state index contributed by atoms with van der Waals surface area (Å²) in [7, 11) is 0. The first-order chi connectivity index (χ1) is 10.9. The average molecular weight is 467 g/mol. The van der Waals surface area contributed by atoms with Gasteiger partial charge in [-0.1, -0.05) is 19.4 Å². The highest BCUT2D eigenvalue weighted by Gasteiger charge is 2.38. The maximum Gasteiger partial charge on any atom is 0.226 e. The summed E-state index contributed by atoms with van der Waals surface area (Å²) in [5.74, 6) is 3.08. The van der Waals surface area contributed by atoms with Crippen molar-refractivity contribution in [2.75, 3.05) is 11.5 Å². The molecule has 0 aromatic heterocycles. The molecule has 6 heteroatoms. The fourth-order valence-corrected chi connectivity index (χ4v) is 7.46. The highest BCUT2D eigenvalue weighted by Crippen LogP contribution is 2.51. The van der Waals surface area contributed by atoms with Gasteiger partial charge in [0.1, 0.15) is 0 Å². The fourth-order valence-electron chi connectivity index (χ4n) is 3.39. The molecule has 2 saturated heterocycles. The van der Waals surface area contributed by atoms with Gasteiger partial charge in [-0.15, -0.1) is 23.5 Å². The van der Waals surface area contributed by atoms with Gasteiger partial charge < -0.3 is 0 Å². The summed E-state index contributed by atoms with van der Waals surface area (Å²) in [6.07, 6.45) is 7.97. The van der Waals surface area contributed by atoms with E-state index in [1.807, 2.05) is 0 Å². The van der Waals surface area contributed by atoms with Crippen LogP contribution in [0.15, 0.2) is 9.66 Å². The van der Waals surface area contributed by atoms with E-state index in [2.05, 4.69) is 71.4 Å². The predicted octanol–water partition coefficient (Wildman–Crippen LogP) is 4.75. The standard InChI is InChI=1S/C17H26INO2S2/c1-12(9-13(2)18)17(22-7-4-8-23-17)6-3-5-14-10-15(20)19-16(21)11-14/h9,12,14H,3-8,10-11H2,1-2H3,(H,19,20,21)/b13-9+/t12-/m0/s1.